The molecule has 1 aromatic rings. The summed E-state index contributed by atoms with van der Waals surface area (Å²) in [4.78, 5) is 19.9. The summed E-state index contributed by atoms with van der Waals surface area (Å²) in [6, 6.07) is 0. The fourth-order valence-electron chi connectivity index (χ4n) is 4.43. The van der Waals surface area contributed by atoms with Crippen molar-refractivity contribution in [2.45, 2.75) is 19.4 Å². The molecule has 7 nitrogen and oxygen atoms in total. The predicted octanol–water partition coefficient (Wildman–Crippen LogP) is 0.793. The highest BCUT2D eigenvalue weighted by Crippen LogP contribution is 2.40. The molecule has 144 valence electrons. The molecule has 1 atom stereocenters. The molecule has 0 saturated carbocycles. The smallest absolute Gasteiger partial charge is 0.230 e. The summed E-state index contributed by atoms with van der Waals surface area (Å²) in [5.74, 6) is 0.371. The van der Waals surface area contributed by atoms with Gasteiger partial charge in [0.1, 0.15) is 0 Å². The van der Waals surface area contributed by atoms with Gasteiger partial charge in [-0.05, 0) is 19.4 Å². The second kappa shape index (κ2) is 7.84. The Kier molecular flexibility index (Phi) is 5.50. The maximum Gasteiger partial charge on any atom is 0.230 e. The van der Waals surface area contributed by atoms with Crippen LogP contribution in [0.15, 0.2) is 12.4 Å². The molecule has 3 aliphatic heterocycles. The lowest BCUT2D eigenvalue weighted by molar-refractivity contribution is -0.135. The summed E-state index contributed by atoms with van der Waals surface area (Å²) in [6.07, 6.45) is 5.50. The van der Waals surface area contributed by atoms with Crippen LogP contribution >= 0.6 is 11.6 Å². The van der Waals surface area contributed by atoms with E-state index in [2.05, 4.69) is 19.8 Å². The third-order valence-electron chi connectivity index (χ3n) is 6.07. The summed E-state index contributed by atoms with van der Waals surface area (Å²) < 4.78 is 7.27. The molecular formula is C18H28ClN5O2. The highest BCUT2D eigenvalue weighted by atomic mass is 35.5. The quantitative estimate of drug-likeness (QED) is 0.729. The van der Waals surface area contributed by atoms with Crippen molar-refractivity contribution in [2.75, 3.05) is 65.6 Å². The summed E-state index contributed by atoms with van der Waals surface area (Å²) in [6.45, 7) is 9.94. The first-order valence-electron chi connectivity index (χ1n) is 9.64. The van der Waals surface area contributed by atoms with Crippen LogP contribution in [0.5, 0.6) is 0 Å². The number of carbonyl (C=O) groups excluding carboxylic acids is 1. The van der Waals surface area contributed by atoms with Crippen LogP contribution in [0, 0.1) is 5.41 Å². The normalized spacial score (nSPS) is 27.9. The Bertz CT molecular complexity index is 633. The van der Waals surface area contributed by atoms with Crippen molar-refractivity contribution in [3.8, 4) is 0 Å². The van der Waals surface area contributed by atoms with E-state index in [1.165, 1.54) is 0 Å². The van der Waals surface area contributed by atoms with E-state index >= 15 is 0 Å². The third kappa shape index (κ3) is 3.91. The summed E-state index contributed by atoms with van der Waals surface area (Å²) in [5.41, 5.74) is -0.146. The van der Waals surface area contributed by atoms with Crippen molar-refractivity contribution < 1.29 is 9.53 Å². The molecule has 26 heavy (non-hydrogen) atoms. The maximum absolute atomic E-state index is 13.0. The van der Waals surface area contributed by atoms with Gasteiger partial charge in [-0.1, -0.05) is 11.6 Å². The molecular weight excluding hydrogens is 354 g/mol. The van der Waals surface area contributed by atoms with Gasteiger partial charge in [0.25, 0.3) is 0 Å². The lowest BCUT2D eigenvalue weighted by Gasteiger charge is -2.29. The second-order valence-electron chi connectivity index (χ2n) is 7.72. The van der Waals surface area contributed by atoms with Crippen molar-refractivity contribution in [1.29, 1.82) is 0 Å². The number of halogens is 1. The predicted molar refractivity (Wildman–Crippen MR) is 99.2 cm³/mol. The molecule has 0 aromatic carbocycles. The van der Waals surface area contributed by atoms with Crippen molar-refractivity contribution in [3.05, 3.63) is 17.4 Å². The summed E-state index contributed by atoms with van der Waals surface area (Å²) >= 11 is 5.92. The highest BCUT2D eigenvalue weighted by Gasteiger charge is 2.50. The third-order valence-corrected chi connectivity index (χ3v) is 6.27. The zero-order valence-electron chi connectivity index (χ0n) is 15.3. The van der Waals surface area contributed by atoms with E-state index in [0.29, 0.717) is 10.9 Å². The summed E-state index contributed by atoms with van der Waals surface area (Å²) in [7, 11) is 0. The van der Waals surface area contributed by atoms with Crippen LogP contribution in [0.1, 0.15) is 12.8 Å². The first-order valence-corrected chi connectivity index (χ1v) is 10.0. The number of likely N-dealkylation sites (tertiary alicyclic amines) is 2. The number of morpholine rings is 1. The van der Waals surface area contributed by atoms with E-state index in [1.54, 1.807) is 6.20 Å². The SMILES string of the molecule is O=C1N(CCN2CCOCC2)CCC12CCN(CCn1cc(Cl)cn1)C2. The van der Waals surface area contributed by atoms with E-state index in [4.69, 9.17) is 16.3 Å². The van der Waals surface area contributed by atoms with Gasteiger partial charge in [-0.3, -0.25) is 14.4 Å². The maximum atomic E-state index is 13.0. The first-order chi connectivity index (χ1) is 12.6. The van der Waals surface area contributed by atoms with Crippen molar-refractivity contribution in [3.63, 3.8) is 0 Å². The van der Waals surface area contributed by atoms with Crippen LogP contribution in [0.25, 0.3) is 0 Å². The van der Waals surface area contributed by atoms with Gasteiger partial charge in [0.2, 0.25) is 5.91 Å². The van der Waals surface area contributed by atoms with Gasteiger partial charge in [0.05, 0.1) is 36.4 Å². The Labute approximate surface area is 159 Å². The van der Waals surface area contributed by atoms with E-state index in [1.807, 2.05) is 10.9 Å². The van der Waals surface area contributed by atoms with E-state index < -0.39 is 0 Å². The molecule has 0 N–H and O–H groups in total. The number of aromatic nitrogens is 2. The van der Waals surface area contributed by atoms with Crippen LogP contribution < -0.4 is 0 Å². The highest BCUT2D eigenvalue weighted by molar-refractivity contribution is 6.30. The average Bonchev–Trinajstić information content (AvgIpc) is 3.34. The Morgan fingerprint density at radius 1 is 1.04 bits per heavy atom. The molecule has 3 fully saturated rings. The minimum atomic E-state index is -0.146. The Balaban J connectivity index is 1.25. The van der Waals surface area contributed by atoms with Crippen molar-refractivity contribution in [2.24, 2.45) is 5.41 Å². The van der Waals surface area contributed by atoms with Crippen LogP contribution in [0.4, 0.5) is 0 Å². The molecule has 1 amide bonds. The number of hydrogen-bond acceptors (Lipinski definition) is 5. The lowest BCUT2D eigenvalue weighted by atomic mass is 9.85. The Morgan fingerprint density at radius 2 is 1.81 bits per heavy atom. The molecule has 0 radical (unpaired) electrons. The molecule has 0 bridgehead atoms. The molecule has 0 aliphatic carbocycles. The van der Waals surface area contributed by atoms with Gasteiger partial charge in [0.15, 0.2) is 0 Å². The van der Waals surface area contributed by atoms with Crippen LogP contribution in [-0.2, 0) is 16.1 Å². The van der Waals surface area contributed by atoms with E-state index in [-0.39, 0.29) is 5.41 Å². The first kappa shape index (κ1) is 18.2. The Hall–Kier alpha value is -1.15. The zero-order valence-corrected chi connectivity index (χ0v) is 16.0. The van der Waals surface area contributed by atoms with Crippen LogP contribution in [-0.4, -0.2) is 96.0 Å². The molecule has 1 unspecified atom stereocenters. The van der Waals surface area contributed by atoms with Crippen molar-refractivity contribution in [1.82, 2.24) is 24.5 Å². The monoisotopic (exact) mass is 381 g/mol. The Morgan fingerprint density at radius 3 is 2.58 bits per heavy atom. The molecule has 1 spiro atoms. The minimum Gasteiger partial charge on any atom is -0.379 e. The number of rotatable bonds is 6. The fraction of sp³-hybridized carbons (Fsp3) is 0.778. The second-order valence-corrected chi connectivity index (χ2v) is 8.16. The number of carbonyl (C=O) groups is 1. The van der Waals surface area contributed by atoms with E-state index in [0.717, 1.165) is 85.0 Å². The summed E-state index contributed by atoms with van der Waals surface area (Å²) in [5, 5.41) is 4.90. The number of ether oxygens (including phenoxy) is 1. The molecule has 1 aromatic heterocycles. The topological polar surface area (TPSA) is 53.8 Å². The van der Waals surface area contributed by atoms with Gasteiger partial charge in [-0.25, -0.2) is 0 Å². The largest absolute Gasteiger partial charge is 0.379 e. The minimum absolute atomic E-state index is 0.146. The molecule has 8 heteroatoms. The van der Waals surface area contributed by atoms with Gasteiger partial charge in [0, 0.05) is 52.0 Å². The van der Waals surface area contributed by atoms with Crippen molar-refractivity contribution >= 4 is 17.5 Å². The molecule has 4 heterocycles. The van der Waals surface area contributed by atoms with Gasteiger partial charge in [-0.15, -0.1) is 0 Å². The van der Waals surface area contributed by atoms with Crippen LogP contribution in [0.3, 0.4) is 0 Å². The van der Waals surface area contributed by atoms with Gasteiger partial charge in [-0.2, -0.15) is 5.10 Å². The number of nitrogens with zero attached hydrogens (tertiary/aromatic N) is 5. The number of amides is 1. The molecule has 3 saturated heterocycles. The van der Waals surface area contributed by atoms with Crippen LogP contribution in [0.2, 0.25) is 5.02 Å². The van der Waals surface area contributed by atoms with Gasteiger partial charge >= 0.3 is 0 Å². The lowest BCUT2D eigenvalue weighted by Crippen LogP contribution is -2.43. The average molecular weight is 382 g/mol. The standard InChI is InChI=1S/C18H28ClN5O2/c19-16-13-20-24(14-16)8-6-22-3-1-18(15-22)2-4-23(17(18)25)7-5-21-9-11-26-12-10-21/h13-14H,1-12,15H2. The van der Waals surface area contributed by atoms with E-state index in [9.17, 15) is 4.79 Å². The fourth-order valence-corrected chi connectivity index (χ4v) is 4.58. The molecule has 3 aliphatic rings. The number of hydrogen-bond donors (Lipinski definition) is 0. The zero-order chi connectivity index (χ0) is 18.0. The van der Waals surface area contributed by atoms with Gasteiger partial charge < -0.3 is 14.5 Å². The molecule has 4 rings (SSSR count).